The second kappa shape index (κ2) is 52.9. The van der Waals surface area contributed by atoms with E-state index in [9.17, 15) is 45.6 Å². The Morgan fingerprint density at radius 1 is 0.446 bits per heavy atom. The summed E-state index contributed by atoms with van der Waals surface area (Å²) >= 11 is 0. The molecular formula is C69H117NO13. The van der Waals surface area contributed by atoms with Crippen LogP contribution in [0, 0.1) is 0 Å². The first-order valence-electron chi connectivity index (χ1n) is 32.6. The first kappa shape index (κ1) is 75.7. The molecule has 0 radical (unpaired) electrons. The molecule has 1 amide bonds. The Bertz CT molecular complexity index is 1810. The fourth-order valence-electron chi connectivity index (χ4n) is 10.0. The number of allylic oxidation sites excluding steroid dienone is 17. The molecule has 2 aliphatic heterocycles. The second-order valence-electron chi connectivity index (χ2n) is 22.5. The summed E-state index contributed by atoms with van der Waals surface area (Å²) in [6.45, 7) is 2.67. The van der Waals surface area contributed by atoms with Crippen molar-refractivity contribution in [2.24, 2.45) is 0 Å². The van der Waals surface area contributed by atoms with E-state index in [4.69, 9.17) is 18.9 Å². The summed E-state index contributed by atoms with van der Waals surface area (Å²) in [6.07, 6.45) is 58.4. The van der Waals surface area contributed by atoms with Gasteiger partial charge in [0, 0.05) is 6.42 Å². The van der Waals surface area contributed by atoms with Crippen LogP contribution in [0.3, 0.4) is 0 Å². The highest BCUT2D eigenvalue weighted by Gasteiger charge is 2.51. The summed E-state index contributed by atoms with van der Waals surface area (Å²) in [6, 6.07) is -0.927. The number of ether oxygens (including phenoxy) is 4. The third-order valence-electron chi connectivity index (χ3n) is 15.2. The zero-order valence-electron chi connectivity index (χ0n) is 51.4. The second-order valence-corrected chi connectivity index (χ2v) is 22.5. The zero-order chi connectivity index (χ0) is 60.2. The highest BCUT2D eigenvalue weighted by molar-refractivity contribution is 5.76. The molecule has 2 saturated heterocycles. The summed E-state index contributed by atoms with van der Waals surface area (Å²) in [5.74, 6) is -0.252. The van der Waals surface area contributed by atoms with E-state index in [0.717, 1.165) is 103 Å². The summed E-state index contributed by atoms with van der Waals surface area (Å²) in [4.78, 5) is 13.3. The number of aliphatic hydroxyl groups is 8. The van der Waals surface area contributed by atoms with E-state index in [0.29, 0.717) is 6.42 Å². The Balaban J connectivity index is 1.69. The first-order chi connectivity index (χ1) is 40.6. The van der Waals surface area contributed by atoms with Crippen LogP contribution < -0.4 is 5.32 Å². The number of amides is 1. The van der Waals surface area contributed by atoms with E-state index in [1.165, 1.54) is 96.3 Å². The van der Waals surface area contributed by atoms with Gasteiger partial charge in [0.25, 0.3) is 0 Å². The number of unbranched alkanes of at least 4 members (excludes halogenated alkanes) is 22. The zero-order valence-corrected chi connectivity index (χ0v) is 51.4. The van der Waals surface area contributed by atoms with Gasteiger partial charge in [-0.2, -0.15) is 0 Å². The Hall–Kier alpha value is -3.35. The molecule has 0 bridgehead atoms. The molecule has 14 nitrogen and oxygen atoms in total. The minimum Gasteiger partial charge on any atom is -0.394 e. The maximum absolute atomic E-state index is 13.3. The molecule has 476 valence electrons. The average Bonchev–Trinajstić information content (AvgIpc) is 3.63. The molecule has 0 spiro atoms. The van der Waals surface area contributed by atoms with Crippen molar-refractivity contribution in [2.45, 2.75) is 299 Å². The molecule has 83 heavy (non-hydrogen) atoms. The molecule has 0 aromatic rings. The predicted molar refractivity (Wildman–Crippen MR) is 336 cm³/mol. The number of rotatable bonds is 51. The Morgan fingerprint density at radius 2 is 0.831 bits per heavy atom. The predicted octanol–water partition coefficient (Wildman–Crippen LogP) is 12.4. The summed E-state index contributed by atoms with van der Waals surface area (Å²) < 4.78 is 22.8. The van der Waals surface area contributed by atoms with Crippen LogP contribution in [0.2, 0.25) is 0 Å². The van der Waals surface area contributed by atoms with Gasteiger partial charge in [0.05, 0.1) is 32.0 Å². The van der Waals surface area contributed by atoms with E-state index >= 15 is 0 Å². The highest BCUT2D eigenvalue weighted by Crippen LogP contribution is 2.30. The van der Waals surface area contributed by atoms with Crippen LogP contribution in [-0.4, -0.2) is 140 Å². The van der Waals surface area contributed by atoms with Crippen molar-refractivity contribution in [3.05, 3.63) is 109 Å². The summed E-state index contributed by atoms with van der Waals surface area (Å²) in [5, 5.41) is 87.2. The fourth-order valence-corrected chi connectivity index (χ4v) is 10.0. The van der Waals surface area contributed by atoms with Crippen LogP contribution in [0.25, 0.3) is 0 Å². The van der Waals surface area contributed by atoms with Crippen molar-refractivity contribution in [1.82, 2.24) is 5.32 Å². The van der Waals surface area contributed by atoms with E-state index in [1.54, 1.807) is 6.08 Å². The molecule has 2 aliphatic rings. The molecule has 12 atom stereocenters. The molecule has 9 N–H and O–H groups in total. The molecule has 12 unspecified atom stereocenters. The quantitative estimate of drug-likeness (QED) is 0.0204. The van der Waals surface area contributed by atoms with Crippen LogP contribution in [0.5, 0.6) is 0 Å². The van der Waals surface area contributed by atoms with Crippen molar-refractivity contribution in [3.63, 3.8) is 0 Å². The van der Waals surface area contributed by atoms with Gasteiger partial charge in [0.2, 0.25) is 5.91 Å². The van der Waals surface area contributed by atoms with Gasteiger partial charge in [-0.25, -0.2) is 0 Å². The molecular weight excluding hydrogens is 1050 g/mol. The van der Waals surface area contributed by atoms with Gasteiger partial charge in [-0.3, -0.25) is 4.79 Å². The third-order valence-corrected chi connectivity index (χ3v) is 15.2. The van der Waals surface area contributed by atoms with Crippen molar-refractivity contribution < 1.29 is 64.6 Å². The summed E-state index contributed by atoms with van der Waals surface area (Å²) in [5.41, 5.74) is 0. The van der Waals surface area contributed by atoms with Crippen LogP contribution in [0.4, 0.5) is 0 Å². The van der Waals surface area contributed by atoms with Gasteiger partial charge in [-0.05, 0) is 83.5 Å². The van der Waals surface area contributed by atoms with Gasteiger partial charge >= 0.3 is 0 Å². The maximum Gasteiger partial charge on any atom is 0.220 e. The van der Waals surface area contributed by atoms with Crippen molar-refractivity contribution in [1.29, 1.82) is 0 Å². The van der Waals surface area contributed by atoms with Crippen molar-refractivity contribution >= 4 is 5.91 Å². The molecule has 0 saturated carbocycles. The van der Waals surface area contributed by atoms with Crippen LogP contribution in [0.1, 0.15) is 226 Å². The normalized spacial score (nSPS) is 24.6. The van der Waals surface area contributed by atoms with Crippen molar-refractivity contribution in [3.8, 4) is 0 Å². The van der Waals surface area contributed by atoms with E-state index in [1.807, 2.05) is 6.08 Å². The molecule has 0 aliphatic carbocycles. The van der Waals surface area contributed by atoms with Crippen molar-refractivity contribution in [2.75, 3.05) is 19.8 Å². The van der Waals surface area contributed by atoms with E-state index in [2.05, 4.69) is 116 Å². The van der Waals surface area contributed by atoms with Crippen LogP contribution in [0.15, 0.2) is 109 Å². The third kappa shape index (κ3) is 37.7. The lowest BCUT2D eigenvalue weighted by molar-refractivity contribution is -0.359. The first-order valence-corrected chi connectivity index (χ1v) is 32.6. The number of carbonyl (C=O) groups excluding carboxylic acids is 1. The lowest BCUT2D eigenvalue weighted by Gasteiger charge is -2.46. The number of hydrogen-bond acceptors (Lipinski definition) is 13. The van der Waals surface area contributed by atoms with E-state index < -0.39 is 86.8 Å². The van der Waals surface area contributed by atoms with E-state index in [-0.39, 0.29) is 18.9 Å². The number of aliphatic hydroxyl groups excluding tert-OH is 8. The molecule has 0 aromatic heterocycles. The van der Waals surface area contributed by atoms with Gasteiger partial charge < -0.3 is 65.1 Å². The molecule has 14 heteroatoms. The van der Waals surface area contributed by atoms with Crippen LogP contribution in [-0.2, 0) is 23.7 Å². The minimum absolute atomic E-state index is 0.252. The largest absolute Gasteiger partial charge is 0.394 e. The van der Waals surface area contributed by atoms with Crippen LogP contribution >= 0.6 is 0 Å². The summed E-state index contributed by atoms with van der Waals surface area (Å²) in [7, 11) is 0. The Morgan fingerprint density at radius 3 is 1.28 bits per heavy atom. The molecule has 2 rings (SSSR count). The smallest absolute Gasteiger partial charge is 0.220 e. The average molecular weight is 1170 g/mol. The minimum atomic E-state index is -1.79. The number of carbonyl (C=O) groups is 1. The van der Waals surface area contributed by atoms with Gasteiger partial charge in [0.15, 0.2) is 12.6 Å². The lowest BCUT2D eigenvalue weighted by Crippen LogP contribution is -2.65. The monoisotopic (exact) mass is 1170 g/mol. The molecule has 2 fully saturated rings. The maximum atomic E-state index is 13.3. The molecule has 0 aromatic carbocycles. The molecule has 2 heterocycles. The number of hydrogen-bond donors (Lipinski definition) is 9. The standard InChI is InChI=1S/C69H117NO13/c1-3-5-7-9-11-13-15-17-19-21-22-23-24-25-26-27-28-29-30-31-32-33-34-35-36-37-39-41-43-45-47-49-51-53-61(74)70-57(58(73)52-50-48-46-44-42-40-38-20-18-16-14-12-10-8-6-4-2)56-80-68-66(79)64(77)67(60(55-72)82-68)83-69-65(78)63(76)62(75)59(54-71)81-69/h5,7,11,13,17,19,22-23,25-26,28-29,31-32,34-35,50,52,57-60,62-69,71-73,75-79H,3-4,6,8-10,12,14-16,18,20-21,24,27,30,33,36-49,51,53-56H2,1-2H3,(H,70,74)/b7-5-,13-11-,19-17-,23-22-,26-25-,29-28-,32-31-,35-34-,52-50+. The van der Waals surface area contributed by atoms with Gasteiger partial charge in [-0.15, -0.1) is 0 Å². The van der Waals surface area contributed by atoms with Gasteiger partial charge in [-0.1, -0.05) is 245 Å². The lowest BCUT2D eigenvalue weighted by atomic mass is 9.97. The highest BCUT2D eigenvalue weighted by atomic mass is 16.7. The van der Waals surface area contributed by atoms with Gasteiger partial charge in [0.1, 0.15) is 48.8 Å². The Kier molecular flexibility index (Phi) is 48.3. The Labute approximate surface area is 502 Å². The topological polar surface area (TPSA) is 228 Å². The SMILES string of the molecule is CC/C=C\C/C=C\C/C=C\C/C=C\C/C=C\C/C=C\C/C=C\C/C=C\CCCCCCCCCCC(=O)NC(COC1OC(CO)C(OC2OC(CO)C(O)C(O)C2O)C(O)C1O)C(O)/C=C/CCCCCCCCCCCCCCCC. The fraction of sp³-hybridized carbons (Fsp3) is 0.725. The number of nitrogens with one attached hydrogen (secondary N) is 1.